The molecule has 0 aromatic heterocycles. The Morgan fingerprint density at radius 1 is 1.04 bits per heavy atom. The monoisotopic (exact) mass is 341 g/mol. The quantitative estimate of drug-likeness (QED) is 0.725. The zero-order chi connectivity index (χ0) is 17.5. The van der Waals surface area contributed by atoms with Gasteiger partial charge in [0.25, 0.3) is 0 Å². The van der Waals surface area contributed by atoms with E-state index < -0.39 is 0 Å². The van der Waals surface area contributed by atoms with Gasteiger partial charge in [-0.15, -0.1) is 11.8 Å². The number of amides is 1. The van der Waals surface area contributed by atoms with Gasteiger partial charge in [0.15, 0.2) is 0 Å². The lowest BCUT2D eigenvalue weighted by Crippen LogP contribution is -2.30. The predicted octanol–water partition coefficient (Wildman–Crippen LogP) is 4.92. The third kappa shape index (κ3) is 5.13. The molecule has 2 aromatic rings. The Bertz CT molecular complexity index is 679. The average Bonchev–Trinajstić information content (AvgIpc) is 2.61. The smallest absolute Gasteiger partial charge is 0.233 e. The largest absolute Gasteiger partial charge is 0.351 e. The van der Waals surface area contributed by atoms with E-state index in [1.807, 2.05) is 6.92 Å². The van der Waals surface area contributed by atoms with E-state index in [0.717, 1.165) is 17.7 Å². The summed E-state index contributed by atoms with van der Waals surface area (Å²) in [6, 6.07) is 14.9. The Balaban J connectivity index is 1.95. The summed E-state index contributed by atoms with van der Waals surface area (Å²) in [5.74, 6) is 0.0875. The number of carbonyl (C=O) groups is 1. The topological polar surface area (TPSA) is 29.1 Å². The number of rotatable bonds is 7. The van der Waals surface area contributed by atoms with Crippen LogP contribution in [0.15, 0.2) is 47.4 Å². The molecule has 0 heterocycles. The van der Waals surface area contributed by atoms with Gasteiger partial charge in [0.2, 0.25) is 5.91 Å². The summed E-state index contributed by atoms with van der Waals surface area (Å²) in [6.07, 6.45) is 2.01. The van der Waals surface area contributed by atoms with Crippen LogP contribution in [0.25, 0.3) is 0 Å². The highest BCUT2D eigenvalue weighted by atomic mass is 32.2. The molecule has 128 valence electrons. The maximum atomic E-state index is 12.4. The summed E-state index contributed by atoms with van der Waals surface area (Å²) < 4.78 is 0. The van der Waals surface area contributed by atoms with Crippen LogP contribution in [0, 0.1) is 6.92 Å². The molecular weight excluding hydrogens is 314 g/mol. The number of hydrogen-bond acceptors (Lipinski definition) is 2. The van der Waals surface area contributed by atoms with Crippen molar-refractivity contribution in [2.45, 2.75) is 57.2 Å². The van der Waals surface area contributed by atoms with E-state index in [0.29, 0.717) is 6.54 Å². The minimum absolute atomic E-state index is 0.0875. The molecule has 1 unspecified atom stereocenters. The van der Waals surface area contributed by atoms with Crippen LogP contribution in [-0.4, -0.2) is 11.2 Å². The van der Waals surface area contributed by atoms with Crippen LogP contribution >= 0.6 is 11.8 Å². The molecule has 2 nitrogen and oxygen atoms in total. The lowest BCUT2D eigenvalue weighted by molar-refractivity contribution is -0.120. The molecular formula is C21H27NOS. The van der Waals surface area contributed by atoms with Gasteiger partial charge in [-0.25, -0.2) is 0 Å². The fourth-order valence-electron chi connectivity index (χ4n) is 2.61. The summed E-state index contributed by atoms with van der Waals surface area (Å²) in [4.78, 5) is 13.5. The third-order valence-corrected chi connectivity index (χ3v) is 5.33. The molecule has 0 saturated carbocycles. The first-order valence-corrected chi connectivity index (χ1v) is 9.53. The Labute approximate surface area is 150 Å². The Kier molecular flexibility index (Phi) is 6.92. The molecule has 0 fully saturated rings. The van der Waals surface area contributed by atoms with E-state index in [2.05, 4.69) is 68.6 Å². The van der Waals surface area contributed by atoms with Crippen molar-refractivity contribution in [3.63, 3.8) is 0 Å². The average molecular weight is 342 g/mol. The van der Waals surface area contributed by atoms with Gasteiger partial charge in [-0.3, -0.25) is 4.79 Å². The Morgan fingerprint density at radius 2 is 1.75 bits per heavy atom. The first kappa shape index (κ1) is 18.6. The van der Waals surface area contributed by atoms with Crippen molar-refractivity contribution < 1.29 is 4.79 Å². The second kappa shape index (κ2) is 8.93. The Hall–Kier alpha value is -1.74. The fraction of sp³-hybridized carbons (Fsp3) is 0.381. The maximum absolute atomic E-state index is 12.4. The van der Waals surface area contributed by atoms with Crippen LogP contribution in [0.1, 0.15) is 43.0 Å². The third-order valence-electron chi connectivity index (χ3n) is 4.22. The molecule has 0 aliphatic rings. The van der Waals surface area contributed by atoms with E-state index in [9.17, 15) is 4.79 Å². The fourth-order valence-corrected chi connectivity index (χ4v) is 3.50. The molecule has 0 saturated heterocycles. The van der Waals surface area contributed by atoms with Gasteiger partial charge in [-0.2, -0.15) is 0 Å². The van der Waals surface area contributed by atoms with Crippen molar-refractivity contribution in [2.24, 2.45) is 0 Å². The van der Waals surface area contributed by atoms with Crippen molar-refractivity contribution in [2.75, 3.05) is 0 Å². The molecule has 0 radical (unpaired) electrons. The van der Waals surface area contributed by atoms with Crippen molar-refractivity contribution >= 4 is 17.7 Å². The molecule has 1 N–H and O–H groups in total. The minimum atomic E-state index is -0.104. The number of hydrogen-bond donors (Lipinski definition) is 1. The van der Waals surface area contributed by atoms with E-state index in [1.54, 1.807) is 11.8 Å². The van der Waals surface area contributed by atoms with Gasteiger partial charge in [-0.1, -0.05) is 49.7 Å². The summed E-state index contributed by atoms with van der Waals surface area (Å²) in [6.45, 7) is 8.95. The lowest BCUT2D eigenvalue weighted by atomic mass is 10.0. The van der Waals surface area contributed by atoms with E-state index in [-0.39, 0.29) is 11.2 Å². The van der Waals surface area contributed by atoms with Gasteiger partial charge in [0.1, 0.15) is 0 Å². The SMILES string of the molecule is CCc1ccc(CC)c(CNC(=O)C(C)Sc2ccc(C)cc2)c1. The number of carbonyl (C=O) groups excluding carboxylic acids is 1. The van der Waals surface area contributed by atoms with Crippen LogP contribution in [0.2, 0.25) is 0 Å². The van der Waals surface area contributed by atoms with Crippen LogP contribution < -0.4 is 5.32 Å². The maximum Gasteiger partial charge on any atom is 0.233 e. The molecule has 24 heavy (non-hydrogen) atoms. The van der Waals surface area contributed by atoms with Gasteiger partial charge >= 0.3 is 0 Å². The number of nitrogens with one attached hydrogen (secondary N) is 1. The van der Waals surface area contributed by atoms with E-state index >= 15 is 0 Å². The molecule has 2 rings (SSSR count). The van der Waals surface area contributed by atoms with Crippen molar-refractivity contribution in [1.82, 2.24) is 5.32 Å². The van der Waals surface area contributed by atoms with Gasteiger partial charge < -0.3 is 5.32 Å². The molecule has 1 atom stereocenters. The van der Waals surface area contributed by atoms with Gasteiger partial charge in [0.05, 0.1) is 5.25 Å². The molecule has 0 spiro atoms. The summed E-state index contributed by atoms with van der Waals surface area (Å²) in [5, 5.41) is 2.99. The first-order valence-electron chi connectivity index (χ1n) is 8.65. The molecule has 0 aliphatic heterocycles. The minimum Gasteiger partial charge on any atom is -0.351 e. The summed E-state index contributed by atoms with van der Waals surface area (Å²) in [7, 11) is 0. The standard InChI is InChI=1S/C21H27NOS/c1-5-17-9-10-18(6-2)19(13-17)14-22-21(23)16(4)24-20-11-7-15(3)8-12-20/h7-13,16H,5-6,14H2,1-4H3,(H,22,23). The van der Waals surface area contributed by atoms with Crippen LogP contribution in [0.5, 0.6) is 0 Å². The first-order chi connectivity index (χ1) is 11.5. The highest BCUT2D eigenvalue weighted by Crippen LogP contribution is 2.23. The second-order valence-electron chi connectivity index (χ2n) is 6.10. The highest BCUT2D eigenvalue weighted by Gasteiger charge is 2.14. The second-order valence-corrected chi connectivity index (χ2v) is 7.52. The zero-order valence-corrected chi connectivity index (χ0v) is 15.9. The van der Waals surface area contributed by atoms with Crippen LogP contribution in [-0.2, 0) is 24.2 Å². The van der Waals surface area contributed by atoms with E-state index in [4.69, 9.17) is 0 Å². The van der Waals surface area contributed by atoms with Crippen molar-refractivity contribution in [3.05, 3.63) is 64.7 Å². The van der Waals surface area contributed by atoms with E-state index in [1.165, 1.54) is 22.3 Å². The van der Waals surface area contributed by atoms with Gasteiger partial charge in [0, 0.05) is 11.4 Å². The number of aryl methyl sites for hydroxylation is 3. The lowest BCUT2D eigenvalue weighted by Gasteiger charge is -2.14. The summed E-state index contributed by atoms with van der Waals surface area (Å²) in [5.41, 5.74) is 5.10. The molecule has 2 aromatic carbocycles. The molecule has 0 aliphatic carbocycles. The van der Waals surface area contributed by atoms with Crippen molar-refractivity contribution in [1.29, 1.82) is 0 Å². The van der Waals surface area contributed by atoms with Crippen LogP contribution in [0.4, 0.5) is 0 Å². The summed E-state index contributed by atoms with van der Waals surface area (Å²) >= 11 is 1.60. The number of benzene rings is 2. The molecule has 1 amide bonds. The van der Waals surface area contributed by atoms with Crippen LogP contribution in [0.3, 0.4) is 0 Å². The Morgan fingerprint density at radius 3 is 2.38 bits per heavy atom. The predicted molar refractivity (Wildman–Crippen MR) is 104 cm³/mol. The molecule has 3 heteroatoms. The highest BCUT2D eigenvalue weighted by molar-refractivity contribution is 8.00. The zero-order valence-electron chi connectivity index (χ0n) is 15.1. The normalized spacial score (nSPS) is 12.0. The number of thioether (sulfide) groups is 1. The molecule has 0 bridgehead atoms. The van der Waals surface area contributed by atoms with Gasteiger partial charge in [-0.05, 0) is 55.5 Å². The van der Waals surface area contributed by atoms with Crippen molar-refractivity contribution in [3.8, 4) is 0 Å².